The van der Waals surface area contributed by atoms with E-state index in [4.69, 9.17) is 11.5 Å². The molecule has 1 amide bonds. The van der Waals surface area contributed by atoms with Crippen molar-refractivity contribution < 1.29 is 4.79 Å². The lowest BCUT2D eigenvalue weighted by molar-refractivity contribution is 0.0996. The highest BCUT2D eigenvalue weighted by molar-refractivity contribution is 5.97. The Morgan fingerprint density at radius 1 is 1.23 bits per heavy atom. The smallest absolute Gasteiger partial charge is 0.269 e. The van der Waals surface area contributed by atoms with Crippen molar-refractivity contribution in [1.29, 1.82) is 0 Å². The van der Waals surface area contributed by atoms with Crippen LogP contribution in [0.25, 0.3) is 5.69 Å². The molecule has 0 aromatic carbocycles. The molecule has 4 rings (SSSR count). The molecule has 0 aliphatic heterocycles. The molecular formula is C20H25N9O. The molecule has 3 aromatic heterocycles. The Morgan fingerprint density at radius 2 is 2.07 bits per heavy atom. The first-order valence-corrected chi connectivity index (χ1v) is 9.94. The Bertz CT molecular complexity index is 1030. The molecule has 6 N–H and O–H groups in total. The highest BCUT2D eigenvalue weighted by Gasteiger charge is 2.22. The fourth-order valence-electron chi connectivity index (χ4n) is 3.72. The standard InChI is InChI=1S/C20H25N9O/c1-12-8-14(29-7-6-24-28-29)10-18(25-12)27-17-9-13(11-23-19(17)20(22)30)26-16-5-3-2-4-15(16)21/h6-11,15-16,26H,2-5,21H2,1H3,(H2,22,30)(H,25,27)/t15-,16+/m0/s1. The predicted molar refractivity (Wildman–Crippen MR) is 114 cm³/mol. The maximum atomic E-state index is 11.9. The molecule has 0 bridgehead atoms. The zero-order valence-corrected chi connectivity index (χ0v) is 16.7. The van der Waals surface area contributed by atoms with Gasteiger partial charge in [0.15, 0.2) is 5.69 Å². The monoisotopic (exact) mass is 407 g/mol. The molecule has 0 unspecified atom stereocenters. The van der Waals surface area contributed by atoms with Crippen molar-refractivity contribution >= 4 is 23.1 Å². The summed E-state index contributed by atoms with van der Waals surface area (Å²) in [5.74, 6) is -0.0844. The maximum Gasteiger partial charge on any atom is 0.269 e. The summed E-state index contributed by atoms with van der Waals surface area (Å²) in [6.45, 7) is 1.88. The summed E-state index contributed by atoms with van der Waals surface area (Å²) < 4.78 is 1.63. The van der Waals surface area contributed by atoms with Crippen molar-refractivity contribution in [3.63, 3.8) is 0 Å². The van der Waals surface area contributed by atoms with Gasteiger partial charge in [-0.3, -0.25) is 4.79 Å². The van der Waals surface area contributed by atoms with E-state index in [2.05, 4.69) is 30.9 Å². The molecule has 0 saturated heterocycles. The summed E-state index contributed by atoms with van der Waals surface area (Å²) in [6.07, 6.45) is 9.24. The molecule has 1 saturated carbocycles. The van der Waals surface area contributed by atoms with Gasteiger partial charge in [-0.05, 0) is 31.9 Å². The first-order chi connectivity index (χ1) is 14.5. The van der Waals surface area contributed by atoms with Gasteiger partial charge in [0, 0.05) is 23.8 Å². The van der Waals surface area contributed by atoms with E-state index in [9.17, 15) is 4.79 Å². The third-order valence-electron chi connectivity index (χ3n) is 5.18. The second-order valence-electron chi connectivity index (χ2n) is 7.51. The highest BCUT2D eigenvalue weighted by Crippen LogP contribution is 2.26. The van der Waals surface area contributed by atoms with Crippen molar-refractivity contribution in [1.82, 2.24) is 25.0 Å². The Labute approximate surface area is 174 Å². The van der Waals surface area contributed by atoms with Crippen LogP contribution in [0.15, 0.2) is 36.8 Å². The summed E-state index contributed by atoms with van der Waals surface area (Å²) >= 11 is 0. The number of primary amides is 1. The molecule has 30 heavy (non-hydrogen) atoms. The Balaban J connectivity index is 1.63. The van der Waals surface area contributed by atoms with Gasteiger partial charge in [-0.1, -0.05) is 18.1 Å². The molecule has 0 spiro atoms. The number of pyridine rings is 2. The van der Waals surface area contributed by atoms with Gasteiger partial charge in [0.1, 0.15) is 5.82 Å². The summed E-state index contributed by atoms with van der Waals surface area (Å²) in [6, 6.07) is 5.77. The lowest BCUT2D eigenvalue weighted by Gasteiger charge is -2.30. The van der Waals surface area contributed by atoms with E-state index >= 15 is 0 Å². The Hall–Kier alpha value is -3.53. The Morgan fingerprint density at radius 3 is 2.80 bits per heavy atom. The molecule has 3 aromatic rings. The van der Waals surface area contributed by atoms with Crippen LogP contribution in [0, 0.1) is 6.92 Å². The number of carbonyl (C=O) groups excluding carboxylic acids is 1. The second-order valence-corrected chi connectivity index (χ2v) is 7.51. The van der Waals surface area contributed by atoms with E-state index in [0.717, 1.165) is 42.8 Å². The SMILES string of the molecule is Cc1cc(-n2ccnn2)cc(Nc2cc(N[C@@H]3CCCC[C@@H]3N)cnc2C(N)=O)n1. The number of carbonyl (C=O) groups is 1. The van der Waals surface area contributed by atoms with Crippen LogP contribution in [0.5, 0.6) is 0 Å². The number of hydrogen-bond acceptors (Lipinski definition) is 8. The van der Waals surface area contributed by atoms with Gasteiger partial charge in [0.2, 0.25) is 0 Å². The molecule has 10 heteroatoms. The number of aromatic nitrogens is 5. The molecule has 3 heterocycles. The minimum Gasteiger partial charge on any atom is -0.379 e. The fraction of sp³-hybridized carbons (Fsp3) is 0.350. The van der Waals surface area contributed by atoms with E-state index in [0.29, 0.717) is 11.5 Å². The quantitative estimate of drug-likeness (QED) is 0.484. The number of amides is 1. The van der Waals surface area contributed by atoms with Crippen molar-refractivity contribution in [2.75, 3.05) is 10.6 Å². The van der Waals surface area contributed by atoms with E-state index < -0.39 is 5.91 Å². The number of hydrogen-bond donors (Lipinski definition) is 4. The summed E-state index contributed by atoms with van der Waals surface area (Å²) in [7, 11) is 0. The van der Waals surface area contributed by atoms with E-state index in [1.54, 1.807) is 23.3 Å². The number of aryl methyl sites for hydroxylation is 1. The van der Waals surface area contributed by atoms with Crippen molar-refractivity contribution in [3.8, 4) is 5.69 Å². The number of nitrogens with one attached hydrogen (secondary N) is 2. The molecule has 1 aliphatic rings. The average Bonchev–Trinajstić information content (AvgIpc) is 3.24. The first kappa shape index (κ1) is 19.8. The van der Waals surface area contributed by atoms with Gasteiger partial charge in [0.05, 0.1) is 35.7 Å². The zero-order valence-electron chi connectivity index (χ0n) is 16.7. The minimum atomic E-state index is -0.623. The van der Waals surface area contributed by atoms with Gasteiger partial charge >= 0.3 is 0 Å². The number of anilines is 3. The van der Waals surface area contributed by atoms with Crippen molar-refractivity contribution in [2.45, 2.75) is 44.7 Å². The number of nitrogens with two attached hydrogens (primary N) is 2. The van der Waals surface area contributed by atoms with Crippen LogP contribution >= 0.6 is 0 Å². The first-order valence-electron chi connectivity index (χ1n) is 9.94. The van der Waals surface area contributed by atoms with Gasteiger partial charge in [-0.15, -0.1) is 5.10 Å². The second kappa shape index (κ2) is 8.46. The van der Waals surface area contributed by atoms with Crippen LogP contribution in [0.2, 0.25) is 0 Å². The van der Waals surface area contributed by atoms with Crippen LogP contribution < -0.4 is 22.1 Å². The summed E-state index contributed by atoms with van der Waals surface area (Å²) in [5, 5.41) is 14.5. The van der Waals surface area contributed by atoms with Gasteiger partial charge in [-0.2, -0.15) is 0 Å². The minimum absolute atomic E-state index is 0.0923. The largest absolute Gasteiger partial charge is 0.379 e. The molecule has 156 valence electrons. The topological polar surface area (TPSA) is 150 Å². The van der Waals surface area contributed by atoms with Gasteiger partial charge < -0.3 is 22.1 Å². The van der Waals surface area contributed by atoms with Crippen LogP contribution in [-0.4, -0.2) is 43.0 Å². The van der Waals surface area contributed by atoms with Crippen molar-refractivity contribution in [2.24, 2.45) is 11.5 Å². The third-order valence-corrected chi connectivity index (χ3v) is 5.18. The molecule has 1 aliphatic carbocycles. The third kappa shape index (κ3) is 4.38. The van der Waals surface area contributed by atoms with E-state index in [1.807, 2.05) is 25.1 Å². The predicted octanol–water partition coefficient (Wildman–Crippen LogP) is 1.89. The fourth-order valence-corrected chi connectivity index (χ4v) is 3.72. The van der Waals surface area contributed by atoms with Crippen LogP contribution in [-0.2, 0) is 0 Å². The normalized spacial score (nSPS) is 18.7. The molecular weight excluding hydrogens is 382 g/mol. The molecule has 0 radical (unpaired) electrons. The highest BCUT2D eigenvalue weighted by atomic mass is 16.1. The number of nitrogens with zero attached hydrogens (tertiary/aromatic N) is 5. The lowest BCUT2D eigenvalue weighted by Crippen LogP contribution is -2.42. The lowest BCUT2D eigenvalue weighted by atomic mass is 9.91. The average molecular weight is 407 g/mol. The summed E-state index contributed by atoms with van der Waals surface area (Å²) in [4.78, 5) is 20.7. The molecule has 10 nitrogen and oxygen atoms in total. The molecule has 2 atom stereocenters. The Kier molecular flexibility index (Phi) is 5.57. The zero-order chi connectivity index (χ0) is 21.1. The van der Waals surface area contributed by atoms with Gasteiger partial charge in [0.25, 0.3) is 5.91 Å². The summed E-state index contributed by atoms with van der Waals surface area (Å²) in [5.41, 5.74) is 14.7. The van der Waals surface area contributed by atoms with Crippen LogP contribution in [0.1, 0.15) is 41.9 Å². The van der Waals surface area contributed by atoms with E-state index in [1.165, 1.54) is 0 Å². The molecule has 1 fully saturated rings. The van der Waals surface area contributed by atoms with Crippen LogP contribution in [0.3, 0.4) is 0 Å². The number of rotatable bonds is 6. The van der Waals surface area contributed by atoms with Crippen molar-refractivity contribution in [3.05, 3.63) is 48.2 Å². The maximum absolute atomic E-state index is 11.9. The van der Waals surface area contributed by atoms with Gasteiger partial charge in [-0.25, -0.2) is 14.6 Å². The van der Waals surface area contributed by atoms with E-state index in [-0.39, 0.29) is 17.8 Å². The van der Waals surface area contributed by atoms with Crippen LogP contribution in [0.4, 0.5) is 17.2 Å².